The number of halogens is 1. The molecule has 0 radical (unpaired) electrons. The van der Waals surface area contributed by atoms with Gasteiger partial charge in [0.05, 0.1) is 6.61 Å². The number of rotatable bonds is 9. The summed E-state index contributed by atoms with van der Waals surface area (Å²) < 4.78 is 5.98. The van der Waals surface area contributed by atoms with E-state index >= 15 is 0 Å². The number of nitrogens with one attached hydrogen (secondary N) is 1. The van der Waals surface area contributed by atoms with Crippen molar-refractivity contribution in [2.45, 2.75) is 58.3 Å². The third-order valence-electron chi connectivity index (χ3n) is 4.46. The number of phenolic OH excluding ortho intramolecular Hbond substituents is 1. The fourth-order valence-corrected chi connectivity index (χ4v) is 3.08. The van der Waals surface area contributed by atoms with E-state index < -0.39 is 0 Å². The number of aromatic hydroxyl groups is 1. The zero-order valence-electron chi connectivity index (χ0n) is 16.9. The summed E-state index contributed by atoms with van der Waals surface area (Å²) in [7, 11) is 0. The quantitative estimate of drug-likeness (QED) is 0.381. The molecule has 0 spiro atoms. The molecular formula is C23H30ClNO3. The molecule has 2 N–H and O–H groups in total. The fourth-order valence-electron chi connectivity index (χ4n) is 2.91. The minimum Gasteiger partial charge on any atom is -0.508 e. The van der Waals surface area contributed by atoms with Crippen molar-refractivity contribution in [1.29, 1.82) is 0 Å². The second-order valence-electron chi connectivity index (χ2n) is 8.00. The van der Waals surface area contributed by atoms with Crippen LogP contribution in [0.3, 0.4) is 0 Å². The van der Waals surface area contributed by atoms with Gasteiger partial charge in [0.1, 0.15) is 11.5 Å². The van der Waals surface area contributed by atoms with Gasteiger partial charge >= 0.3 is 0 Å². The van der Waals surface area contributed by atoms with E-state index in [-0.39, 0.29) is 17.1 Å². The number of carbonyl (C=O) groups is 1. The van der Waals surface area contributed by atoms with Gasteiger partial charge in [0.2, 0.25) is 5.91 Å². The lowest BCUT2D eigenvalue weighted by Crippen LogP contribution is -2.14. The number of benzene rings is 2. The second kappa shape index (κ2) is 10.4. The maximum atomic E-state index is 11.9. The van der Waals surface area contributed by atoms with Gasteiger partial charge in [0.15, 0.2) is 0 Å². The first kappa shape index (κ1) is 22.1. The second-order valence-corrected chi connectivity index (χ2v) is 8.43. The van der Waals surface area contributed by atoms with Crippen LogP contribution in [0.2, 0.25) is 5.02 Å². The number of amides is 1. The number of hydrogen-bond donors (Lipinski definition) is 2. The van der Waals surface area contributed by atoms with Crippen molar-refractivity contribution in [3.8, 4) is 11.5 Å². The van der Waals surface area contributed by atoms with Gasteiger partial charge in [0.25, 0.3) is 0 Å². The molecule has 0 saturated heterocycles. The van der Waals surface area contributed by atoms with Gasteiger partial charge in [-0.3, -0.25) is 4.79 Å². The maximum absolute atomic E-state index is 11.9. The van der Waals surface area contributed by atoms with Crippen molar-refractivity contribution in [2.24, 2.45) is 0 Å². The molecule has 0 aromatic heterocycles. The molecule has 2 rings (SSSR count). The minimum atomic E-state index is -0.0227. The Kier molecular flexibility index (Phi) is 8.18. The van der Waals surface area contributed by atoms with E-state index in [1.165, 1.54) is 0 Å². The summed E-state index contributed by atoms with van der Waals surface area (Å²) in [5, 5.41) is 12.8. The van der Waals surface area contributed by atoms with Crippen molar-refractivity contribution in [1.82, 2.24) is 0 Å². The number of ether oxygens (including phenoxy) is 1. The van der Waals surface area contributed by atoms with Crippen LogP contribution in [0, 0.1) is 0 Å². The van der Waals surface area contributed by atoms with Crippen LogP contribution in [0.5, 0.6) is 11.5 Å². The first-order chi connectivity index (χ1) is 13.3. The van der Waals surface area contributed by atoms with Crippen LogP contribution in [0.25, 0.3) is 0 Å². The van der Waals surface area contributed by atoms with Gasteiger partial charge in [0, 0.05) is 22.7 Å². The van der Waals surface area contributed by atoms with Gasteiger partial charge < -0.3 is 15.2 Å². The molecule has 0 aliphatic carbocycles. The number of hydrogen-bond acceptors (Lipinski definition) is 3. The van der Waals surface area contributed by atoms with Crippen LogP contribution >= 0.6 is 11.6 Å². The number of carbonyl (C=O) groups excluding carboxylic acids is 1. The van der Waals surface area contributed by atoms with Crippen molar-refractivity contribution >= 4 is 23.2 Å². The zero-order valence-corrected chi connectivity index (χ0v) is 17.7. The Bertz CT molecular complexity index is 766. The average molecular weight is 404 g/mol. The predicted molar refractivity (Wildman–Crippen MR) is 115 cm³/mol. The van der Waals surface area contributed by atoms with Crippen LogP contribution in [0.15, 0.2) is 42.5 Å². The minimum absolute atomic E-state index is 0.00192. The molecule has 2 aromatic rings. The van der Waals surface area contributed by atoms with Crippen molar-refractivity contribution in [3.05, 3.63) is 53.1 Å². The van der Waals surface area contributed by atoms with E-state index in [4.69, 9.17) is 16.3 Å². The monoisotopic (exact) mass is 403 g/mol. The molecular weight excluding hydrogens is 374 g/mol. The lowest BCUT2D eigenvalue weighted by atomic mass is 9.86. The van der Waals surface area contributed by atoms with Gasteiger partial charge in [-0.15, -0.1) is 0 Å². The Labute approximate surface area is 172 Å². The zero-order chi connectivity index (χ0) is 20.6. The first-order valence-corrected chi connectivity index (χ1v) is 10.2. The summed E-state index contributed by atoms with van der Waals surface area (Å²) in [4.78, 5) is 11.9. The molecule has 0 unspecified atom stereocenters. The molecule has 0 bridgehead atoms. The molecule has 0 heterocycles. The highest BCUT2D eigenvalue weighted by Crippen LogP contribution is 2.33. The first-order valence-electron chi connectivity index (χ1n) is 9.77. The highest BCUT2D eigenvalue weighted by atomic mass is 35.5. The molecule has 0 saturated carbocycles. The molecule has 0 aliphatic heterocycles. The number of unbranched alkanes of at least 4 members (excludes halogenated alkanes) is 3. The molecule has 152 valence electrons. The Balaban J connectivity index is 1.63. The smallest absolute Gasteiger partial charge is 0.224 e. The van der Waals surface area contributed by atoms with Gasteiger partial charge in [-0.1, -0.05) is 45.2 Å². The summed E-state index contributed by atoms with van der Waals surface area (Å²) in [6, 6.07) is 12.3. The predicted octanol–water partition coefficient (Wildman–Crippen LogP) is 6.31. The average Bonchev–Trinajstić information content (AvgIpc) is 2.63. The summed E-state index contributed by atoms with van der Waals surface area (Å²) in [6.07, 6.45) is 4.29. The molecule has 4 nitrogen and oxygen atoms in total. The van der Waals surface area contributed by atoms with Gasteiger partial charge in [-0.05, 0) is 60.7 Å². The summed E-state index contributed by atoms with van der Waals surface area (Å²) in [5.41, 5.74) is 1.80. The van der Waals surface area contributed by atoms with E-state index in [1.54, 1.807) is 24.3 Å². The number of anilines is 1. The molecule has 0 aliphatic rings. The third-order valence-corrected chi connectivity index (χ3v) is 4.69. The Morgan fingerprint density at radius 2 is 1.71 bits per heavy atom. The topological polar surface area (TPSA) is 58.6 Å². The Morgan fingerprint density at radius 3 is 2.39 bits per heavy atom. The highest BCUT2D eigenvalue weighted by molar-refractivity contribution is 6.30. The summed E-state index contributed by atoms with van der Waals surface area (Å²) >= 11 is 6.13. The van der Waals surface area contributed by atoms with E-state index in [9.17, 15) is 9.90 Å². The Hall–Kier alpha value is -2.20. The molecule has 2 aromatic carbocycles. The van der Waals surface area contributed by atoms with Crippen molar-refractivity contribution in [2.75, 3.05) is 11.9 Å². The van der Waals surface area contributed by atoms with E-state index in [0.29, 0.717) is 18.7 Å². The van der Waals surface area contributed by atoms with Crippen LogP contribution < -0.4 is 10.1 Å². The van der Waals surface area contributed by atoms with Crippen LogP contribution in [-0.2, 0) is 10.2 Å². The molecule has 5 heteroatoms. The van der Waals surface area contributed by atoms with E-state index in [2.05, 4.69) is 26.1 Å². The lowest BCUT2D eigenvalue weighted by Gasteiger charge is -2.23. The standard InChI is InChI=1S/C23H30ClNO3/c1-23(2,3)20-16-17(24)9-14-21(20)28-15-7-5-4-6-8-22(27)25-18-10-12-19(26)13-11-18/h9-14,16,26H,4-8,15H2,1-3H3,(H,25,27). The summed E-state index contributed by atoms with van der Waals surface area (Å²) in [6.45, 7) is 7.10. The van der Waals surface area contributed by atoms with Crippen molar-refractivity contribution < 1.29 is 14.6 Å². The lowest BCUT2D eigenvalue weighted by molar-refractivity contribution is -0.116. The number of phenols is 1. The molecule has 1 amide bonds. The largest absolute Gasteiger partial charge is 0.508 e. The van der Waals surface area contributed by atoms with Gasteiger partial charge in [-0.2, -0.15) is 0 Å². The van der Waals surface area contributed by atoms with Crippen LogP contribution in [0.1, 0.15) is 58.4 Å². The third kappa shape index (κ3) is 7.43. The highest BCUT2D eigenvalue weighted by Gasteiger charge is 2.19. The van der Waals surface area contributed by atoms with Crippen molar-refractivity contribution in [3.63, 3.8) is 0 Å². The normalized spacial score (nSPS) is 11.3. The van der Waals surface area contributed by atoms with E-state index in [0.717, 1.165) is 42.0 Å². The molecule has 0 fully saturated rings. The van der Waals surface area contributed by atoms with Crippen LogP contribution in [0.4, 0.5) is 5.69 Å². The SMILES string of the molecule is CC(C)(C)c1cc(Cl)ccc1OCCCCCCC(=O)Nc1ccc(O)cc1. The van der Waals surface area contributed by atoms with Gasteiger partial charge in [-0.25, -0.2) is 0 Å². The van der Waals surface area contributed by atoms with Crippen LogP contribution in [-0.4, -0.2) is 17.6 Å². The molecule has 0 atom stereocenters. The summed E-state index contributed by atoms with van der Waals surface area (Å²) in [5.74, 6) is 1.08. The fraction of sp³-hybridized carbons (Fsp3) is 0.435. The Morgan fingerprint density at radius 1 is 1.04 bits per heavy atom. The maximum Gasteiger partial charge on any atom is 0.224 e. The van der Waals surface area contributed by atoms with E-state index in [1.807, 2.05) is 18.2 Å². The molecule has 28 heavy (non-hydrogen) atoms.